The van der Waals surface area contributed by atoms with Gasteiger partial charge in [-0.25, -0.2) is 4.39 Å². The van der Waals surface area contributed by atoms with Crippen LogP contribution in [0.1, 0.15) is 20.8 Å². The highest BCUT2D eigenvalue weighted by molar-refractivity contribution is 6.76. The molecule has 4 nitrogen and oxygen atoms in total. The molecule has 1 amide bonds. The van der Waals surface area contributed by atoms with Gasteiger partial charge in [-0.2, -0.15) is 0 Å². The average molecular weight is 291 g/mol. The molecule has 1 heterocycles. The van der Waals surface area contributed by atoms with Gasteiger partial charge in [-0.15, -0.1) is 0 Å². The molecule has 0 aromatic rings. The summed E-state index contributed by atoms with van der Waals surface area (Å²) in [6.45, 7) is 12.4. The van der Waals surface area contributed by atoms with Crippen molar-refractivity contribution in [1.29, 1.82) is 0 Å². The van der Waals surface area contributed by atoms with Gasteiger partial charge in [0.2, 0.25) is 5.91 Å². The van der Waals surface area contributed by atoms with Crippen LogP contribution in [0.5, 0.6) is 0 Å². The summed E-state index contributed by atoms with van der Waals surface area (Å²) in [5.41, 5.74) is 0. The standard InChI is InChI=1S/C13H26FNO3Si/c1-7-17-13(18-8-2)11-10(9(3)14)12(16)15(11)19(4,5)6/h9-11,13H,7-8H2,1-6H3/t9-,10-,11+/m1/s1. The van der Waals surface area contributed by atoms with Gasteiger partial charge in [0.05, 0.1) is 12.0 Å². The van der Waals surface area contributed by atoms with E-state index in [0.717, 1.165) is 0 Å². The fourth-order valence-electron chi connectivity index (χ4n) is 2.64. The molecule has 0 saturated carbocycles. The van der Waals surface area contributed by atoms with Crippen LogP contribution in [-0.4, -0.2) is 50.4 Å². The first-order valence-corrected chi connectivity index (χ1v) is 10.4. The molecule has 1 saturated heterocycles. The van der Waals surface area contributed by atoms with Gasteiger partial charge in [0.1, 0.15) is 6.17 Å². The summed E-state index contributed by atoms with van der Waals surface area (Å²) in [6.07, 6.45) is -1.70. The normalized spacial score (nSPS) is 25.7. The van der Waals surface area contributed by atoms with Crippen LogP contribution < -0.4 is 0 Å². The SMILES string of the molecule is CCOC(OCC)[C@@H]1[C@@H]([C@@H](C)F)C(=O)N1[Si](C)(C)C. The predicted molar refractivity (Wildman–Crippen MR) is 75.1 cm³/mol. The monoisotopic (exact) mass is 291 g/mol. The Hall–Kier alpha value is -0.463. The number of carbonyl (C=O) groups excluding carboxylic acids is 1. The van der Waals surface area contributed by atoms with Crippen LogP contribution in [0, 0.1) is 5.92 Å². The molecule has 0 N–H and O–H groups in total. The van der Waals surface area contributed by atoms with Crippen molar-refractivity contribution in [3.8, 4) is 0 Å². The molecule has 0 aromatic heterocycles. The van der Waals surface area contributed by atoms with Crippen molar-refractivity contribution in [1.82, 2.24) is 4.57 Å². The minimum absolute atomic E-state index is 0.0939. The molecule has 1 aliphatic rings. The van der Waals surface area contributed by atoms with E-state index in [4.69, 9.17) is 9.47 Å². The third kappa shape index (κ3) is 3.35. The molecule has 1 fully saturated rings. The van der Waals surface area contributed by atoms with Gasteiger partial charge >= 0.3 is 0 Å². The van der Waals surface area contributed by atoms with Crippen LogP contribution in [0.2, 0.25) is 19.6 Å². The van der Waals surface area contributed by atoms with Gasteiger partial charge in [0, 0.05) is 13.2 Å². The Morgan fingerprint density at radius 2 is 1.74 bits per heavy atom. The lowest BCUT2D eigenvalue weighted by Gasteiger charge is -2.55. The summed E-state index contributed by atoms with van der Waals surface area (Å²) in [5.74, 6) is -0.724. The Morgan fingerprint density at radius 1 is 1.26 bits per heavy atom. The van der Waals surface area contributed by atoms with Crippen molar-refractivity contribution in [2.75, 3.05) is 13.2 Å². The van der Waals surface area contributed by atoms with Gasteiger partial charge in [-0.3, -0.25) is 4.79 Å². The first-order valence-electron chi connectivity index (χ1n) is 6.96. The van der Waals surface area contributed by atoms with Gasteiger partial charge in [0.25, 0.3) is 0 Å². The minimum Gasteiger partial charge on any atom is -0.361 e. The van der Waals surface area contributed by atoms with Crippen LogP contribution in [0.25, 0.3) is 0 Å². The van der Waals surface area contributed by atoms with Crippen molar-refractivity contribution in [3.63, 3.8) is 0 Å². The highest BCUT2D eigenvalue weighted by Crippen LogP contribution is 2.38. The lowest BCUT2D eigenvalue weighted by atomic mass is 9.86. The molecule has 112 valence electrons. The van der Waals surface area contributed by atoms with Crippen molar-refractivity contribution in [2.24, 2.45) is 5.92 Å². The number of rotatable bonds is 7. The molecule has 1 aliphatic heterocycles. The third-order valence-corrected chi connectivity index (χ3v) is 5.31. The Bertz CT molecular complexity index is 314. The van der Waals surface area contributed by atoms with Gasteiger partial charge in [-0.05, 0) is 20.8 Å². The largest absolute Gasteiger partial charge is 0.361 e. The van der Waals surface area contributed by atoms with E-state index in [2.05, 4.69) is 19.6 Å². The van der Waals surface area contributed by atoms with Crippen molar-refractivity contribution in [2.45, 2.75) is 58.9 Å². The highest BCUT2D eigenvalue weighted by atomic mass is 28.3. The first-order chi connectivity index (χ1) is 8.75. The smallest absolute Gasteiger partial charge is 0.223 e. The minimum atomic E-state index is -1.85. The molecule has 6 heteroatoms. The van der Waals surface area contributed by atoms with E-state index in [1.165, 1.54) is 6.92 Å². The summed E-state index contributed by atoms with van der Waals surface area (Å²) in [7, 11) is -1.85. The zero-order valence-electron chi connectivity index (χ0n) is 12.8. The molecular formula is C13H26FNO3Si. The Morgan fingerprint density at radius 3 is 2.05 bits per heavy atom. The Balaban J connectivity index is 2.97. The van der Waals surface area contributed by atoms with E-state index in [0.29, 0.717) is 13.2 Å². The second kappa shape index (κ2) is 6.32. The van der Waals surface area contributed by atoms with Crippen LogP contribution in [0.4, 0.5) is 4.39 Å². The fraction of sp³-hybridized carbons (Fsp3) is 0.923. The van der Waals surface area contributed by atoms with Gasteiger partial charge in [-0.1, -0.05) is 19.6 Å². The number of hydrogen-bond acceptors (Lipinski definition) is 3. The maximum absolute atomic E-state index is 13.7. The number of carbonyl (C=O) groups is 1. The number of ether oxygens (including phenoxy) is 2. The molecule has 0 bridgehead atoms. The van der Waals surface area contributed by atoms with Crippen LogP contribution >= 0.6 is 0 Å². The molecular weight excluding hydrogens is 265 g/mol. The number of alkyl halides is 1. The maximum Gasteiger partial charge on any atom is 0.223 e. The number of β-lactam (4-membered cyclic amide) rings is 1. The average Bonchev–Trinajstić information content (AvgIpc) is 2.22. The molecule has 0 aliphatic carbocycles. The second-order valence-corrected chi connectivity index (χ2v) is 10.7. The van der Waals surface area contributed by atoms with E-state index in [1.807, 2.05) is 18.4 Å². The van der Waals surface area contributed by atoms with Crippen LogP contribution in [0.3, 0.4) is 0 Å². The first kappa shape index (κ1) is 16.6. The summed E-state index contributed by atoms with van der Waals surface area (Å²) in [4.78, 5) is 12.2. The number of amides is 1. The van der Waals surface area contributed by atoms with E-state index >= 15 is 0 Å². The molecule has 0 spiro atoms. The number of hydrogen-bond donors (Lipinski definition) is 0. The Kier molecular flexibility index (Phi) is 5.52. The quantitative estimate of drug-likeness (QED) is 0.411. The molecule has 3 atom stereocenters. The van der Waals surface area contributed by atoms with Gasteiger partial charge in [0.15, 0.2) is 14.5 Å². The van der Waals surface area contributed by atoms with E-state index in [1.54, 1.807) is 0 Å². The maximum atomic E-state index is 13.7. The molecule has 19 heavy (non-hydrogen) atoms. The lowest BCUT2D eigenvalue weighted by Crippen LogP contribution is -2.74. The number of nitrogens with zero attached hydrogens (tertiary/aromatic N) is 1. The van der Waals surface area contributed by atoms with Gasteiger partial charge < -0.3 is 14.0 Å². The van der Waals surface area contributed by atoms with Crippen LogP contribution in [-0.2, 0) is 14.3 Å². The zero-order valence-corrected chi connectivity index (χ0v) is 13.8. The predicted octanol–water partition coefficient (Wildman–Crippen LogP) is 2.41. The fourth-order valence-corrected chi connectivity index (χ4v) is 4.63. The summed E-state index contributed by atoms with van der Waals surface area (Å²) >= 11 is 0. The van der Waals surface area contributed by atoms with E-state index < -0.39 is 26.6 Å². The summed E-state index contributed by atoms with van der Waals surface area (Å²) < 4.78 is 26.7. The topological polar surface area (TPSA) is 38.8 Å². The summed E-state index contributed by atoms with van der Waals surface area (Å²) in [6, 6.07) is -0.293. The van der Waals surface area contributed by atoms with Crippen molar-refractivity contribution >= 4 is 14.1 Å². The summed E-state index contributed by atoms with van der Waals surface area (Å²) in [5, 5.41) is 0. The second-order valence-electron chi connectivity index (χ2n) is 5.85. The van der Waals surface area contributed by atoms with Crippen molar-refractivity contribution < 1.29 is 18.7 Å². The van der Waals surface area contributed by atoms with Crippen molar-refractivity contribution in [3.05, 3.63) is 0 Å². The lowest BCUT2D eigenvalue weighted by molar-refractivity contribution is -0.209. The third-order valence-electron chi connectivity index (χ3n) is 3.35. The molecule has 0 radical (unpaired) electrons. The van der Waals surface area contributed by atoms with E-state index in [-0.39, 0.29) is 11.9 Å². The zero-order chi connectivity index (χ0) is 14.8. The Labute approximate surface area is 116 Å². The van der Waals surface area contributed by atoms with E-state index in [9.17, 15) is 9.18 Å². The molecule has 0 unspecified atom stereocenters. The highest BCUT2D eigenvalue weighted by Gasteiger charge is 2.58. The van der Waals surface area contributed by atoms with Crippen LogP contribution in [0.15, 0.2) is 0 Å². The number of halogens is 1. The molecule has 1 rings (SSSR count). The molecule has 0 aromatic carbocycles.